The van der Waals surface area contributed by atoms with Gasteiger partial charge >= 0.3 is 0 Å². The van der Waals surface area contributed by atoms with Crippen molar-refractivity contribution in [3.8, 4) is 11.5 Å². The van der Waals surface area contributed by atoms with Crippen molar-refractivity contribution >= 4 is 28.1 Å². The lowest BCUT2D eigenvalue weighted by Gasteiger charge is -2.12. The molecule has 0 aliphatic carbocycles. The van der Waals surface area contributed by atoms with Crippen LogP contribution < -0.4 is 15.2 Å². The second-order valence-corrected chi connectivity index (χ2v) is 4.32. The number of nitrogens with two attached hydrogens (primary N) is 1. The van der Waals surface area contributed by atoms with E-state index in [1.807, 2.05) is 25.1 Å². The summed E-state index contributed by atoms with van der Waals surface area (Å²) in [6.45, 7) is 1.97. The van der Waals surface area contributed by atoms with Gasteiger partial charge in [-0.3, -0.25) is 0 Å². The lowest BCUT2D eigenvalue weighted by atomic mass is 10.1. The Morgan fingerprint density at radius 2 is 1.83 bits per heavy atom. The minimum absolute atomic E-state index is 0.268. The molecule has 0 amide bonds. The third-order valence-corrected chi connectivity index (χ3v) is 2.98. The number of methoxy groups -OCH3 is 2. The molecule has 0 unspecified atom stereocenters. The van der Waals surface area contributed by atoms with E-state index in [0.717, 1.165) is 16.7 Å². The van der Waals surface area contributed by atoms with Crippen molar-refractivity contribution in [1.29, 1.82) is 0 Å². The maximum Gasteiger partial charge on any atom is 0.145 e. The van der Waals surface area contributed by atoms with Crippen molar-refractivity contribution in [3.05, 3.63) is 29.5 Å². The summed E-state index contributed by atoms with van der Waals surface area (Å²) in [4.78, 5) is 4.71. The van der Waals surface area contributed by atoms with E-state index in [2.05, 4.69) is 4.98 Å². The highest BCUT2D eigenvalue weighted by atomic mass is 32.1. The molecule has 0 saturated carbocycles. The standard InChI is InChI=1S/C13H14N2O2S/c1-7-6-8(13(14)18)15-12-10(17-3)5-4-9(16-2)11(7)12/h4-6H,1-3H3,(H2,14,18). The van der Waals surface area contributed by atoms with E-state index < -0.39 is 0 Å². The number of fused-ring (bicyclic) bond motifs is 1. The number of pyridine rings is 1. The van der Waals surface area contributed by atoms with Crippen LogP contribution in [0.15, 0.2) is 18.2 Å². The molecule has 0 radical (unpaired) electrons. The molecular formula is C13H14N2O2S. The number of aromatic nitrogens is 1. The Morgan fingerprint density at radius 3 is 2.39 bits per heavy atom. The lowest BCUT2D eigenvalue weighted by molar-refractivity contribution is 0.409. The van der Waals surface area contributed by atoms with E-state index in [-0.39, 0.29) is 4.99 Å². The molecule has 4 nitrogen and oxygen atoms in total. The van der Waals surface area contributed by atoms with Crippen molar-refractivity contribution in [2.45, 2.75) is 6.92 Å². The molecule has 0 atom stereocenters. The van der Waals surface area contributed by atoms with Crippen LogP contribution in [-0.4, -0.2) is 24.2 Å². The second-order valence-electron chi connectivity index (χ2n) is 3.88. The van der Waals surface area contributed by atoms with Crippen LogP contribution >= 0.6 is 12.2 Å². The average molecular weight is 262 g/mol. The zero-order chi connectivity index (χ0) is 13.3. The monoisotopic (exact) mass is 262 g/mol. The number of benzene rings is 1. The third kappa shape index (κ3) is 1.97. The predicted octanol–water partition coefficient (Wildman–Crippen LogP) is 2.19. The van der Waals surface area contributed by atoms with Gasteiger partial charge in [0.25, 0.3) is 0 Å². The second kappa shape index (κ2) is 4.78. The highest BCUT2D eigenvalue weighted by Gasteiger charge is 2.13. The zero-order valence-electron chi connectivity index (χ0n) is 10.5. The van der Waals surface area contributed by atoms with Gasteiger partial charge in [0.1, 0.15) is 22.0 Å². The minimum atomic E-state index is 0.268. The van der Waals surface area contributed by atoms with E-state index >= 15 is 0 Å². The summed E-state index contributed by atoms with van der Waals surface area (Å²) in [7, 11) is 3.23. The van der Waals surface area contributed by atoms with Crippen LogP contribution in [-0.2, 0) is 0 Å². The molecule has 2 aromatic rings. The minimum Gasteiger partial charge on any atom is -0.496 e. The summed E-state index contributed by atoms with van der Waals surface area (Å²) in [5, 5.41) is 0.914. The summed E-state index contributed by atoms with van der Waals surface area (Å²) in [5.74, 6) is 1.43. The Labute approximate surface area is 111 Å². The predicted molar refractivity (Wildman–Crippen MR) is 75.5 cm³/mol. The first-order chi connectivity index (χ1) is 8.58. The largest absolute Gasteiger partial charge is 0.496 e. The molecule has 94 valence electrons. The maximum atomic E-state index is 5.63. The molecule has 0 bridgehead atoms. The van der Waals surface area contributed by atoms with Crippen molar-refractivity contribution in [3.63, 3.8) is 0 Å². The van der Waals surface area contributed by atoms with Crippen molar-refractivity contribution in [1.82, 2.24) is 4.98 Å². The highest BCUT2D eigenvalue weighted by molar-refractivity contribution is 7.80. The van der Waals surface area contributed by atoms with E-state index in [4.69, 9.17) is 27.4 Å². The van der Waals surface area contributed by atoms with Gasteiger partial charge in [-0.15, -0.1) is 0 Å². The van der Waals surface area contributed by atoms with Crippen LogP contribution in [0.5, 0.6) is 11.5 Å². The zero-order valence-corrected chi connectivity index (χ0v) is 11.3. The third-order valence-electron chi connectivity index (χ3n) is 2.77. The number of hydrogen-bond donors (Lipinski definition) is 1. The van der Waals surface area contributed by atoms with Crippen LogP contribution in [0.25, 0.3) is 10.9 Å². The number of ether oxygens (including phenoxy) is 2. The molecule has 5 heteroatoms. The van der Waals surface area contributed by atoms with Gasteiger partial charge in [0, 0.05) is 5.39 Å². The smallest absolute Gasteiger partial charge is 0.145 e. The van der Waals surface area contributed by atoms with Gasteiger partial charge in [0.2, 0.25) is 0 Å². The van der Waals surface area contributed by atoms with Crippen LogP contribution in [0, 0.1) is 6.92 Å². The molecule has 1 aromatic carbocycles. The molecule has 0 fully saturated rings. The first-order valence-electron chi connectivity index (χ1n) is 5.40. The summed E-state index contributed by atoms with van der Waals surface area (Å²) in [5.41, 5.74) is 7.92. The molecule has 0 aliphatic rings. The molecule has 0 spiro atoms. The van der Waals surface area contributed by atoms with Gasteiger partial charge in [0.15, 0.2) is 0 Å². The van der Waals surface area contributed by atoms with Crippen molar-refractivity contribution in [2.75, 3.05) is 14.2 Å². The topological polar surface area (TPSA) is 57.4 Å². The molecule has 0 aliphatic heterocycles. The van der Waals surface area contributed by atoms with E-state index in [9.17, 15) is 0 Å². The van der Waals surface area contributed by atoms with Crippen LogP contribution in [0.2, 0.25) is 0 Å². The molecule has 1 aromatic heterocycles. The van der Waals surface area contributed by atoms with Crippen LogP contribution in [0.1, 0.15) is 11.3 Å². The quantitative estimate of drug-likeness (QED) is 0.859. The van der Waals surface area contributed by atoms with Gasteiger partial charge < -0.3 is 15.2 Å². The first-order valence-corrected chi connectivity index (χ1v) is 5.81. The van der Waals surface area contributed by atoms with E-state index in [1.54, 1.807) is 14.2 Å². The van der Waals surface area contributed by atoms with Gasteiger partial charge in [-0.2, -0.15) is 0 Å². The molecule has 0 saturated heterocycles. The Hall–Kier alpha value is -1.88. The summed E-state index contributed by atoms with van der Waals surface area (Å²) < 4.78 is 10.7. The number of hydrogen-bond acceptors (Lipinski definition) is 4. The highest BCUT2D eigenvalue weighted by Crippen LogP contribution is 2.34. The molecule has 2 N–H and O–H groups in total. The Morgan fingerprint density at radius 1 is 1.22 bits per heavy atom. The van der Waals surface area contributed by atoms with Crippen molar-refractivity contribution in [2.24, 2.45) is 5.73 Å². The molecule has 18 heavy (non-hydrogen) atoms. The van der Waals surface area contributed by atoms with Gasteiger partial charge in [0.05, 0.1) is 19.9 Å². The fourth-order valence-corrected chi connectivity index (χ4v) is 2.04. The maximum absolute atomic E-state index is 5.63. The van der Waals surface area contributed by atoms with Gasteiger partial charge in [-0.05, 0) is 30.7 Å². The van der Waals surface area contributed by atoms with Gasteiger partial charge in [-0.25, -0.2) is 4.98 Å². The fraction of sp³-hybridized carbons (Fsp3) is 0.231. The fourth-order valence-electron chi connectivity index (χ4n) is 1.94. The normalized spacial score (nSPS) is 10.4. The van der Waals surface area contributed by atoms with Crippen LogP contribution in [0.4, 0.5) is 0 Å². The SMILES string of the molecule is COc1ccc(OC)c2c(C)cc(C(N)=S)nc12. The summed E-state index contributed by atoms with van der Waals surface area (Å²) >= 11 is 4.97. The number of thiocarbonyl (C=S) groups is 1. The number of aryl methyl sites for hydroxylation is 1. The Kier molecular flexibility index (Phi) is 3.34. The van der Waals surface area contributed by atoms with E-state index in [0.29, 0.717) is 17.0 Å². The Balaban J connectivity index is 2.88. The van der Waals surface area contributed by atoms with E-state index in [1.165, 1.54) is 0 Å². The lowest BCUT2D eigenvalue weighted by Crippen LogP contribution is -2.12. The average Bonchev–Trinajstić information content (AvgIpc) is 2.37. The first kappa shape index (κ1) is 12.6. The van der Waals surface area contributed by atoms with Crippen molar-refractivity contribution < 1.29 is 9.47 Å². The summed E-state index contributed by atoms with van der Waals surface area (Å²) in [6.07, 6.45) is 0. The number of rotatable bonds is 3. The Bertz CT molecular complexity index is 626. The summed E-state index contributed by atoms with van der Waals surface area (Å²) in [6, 6.07) is 5.53. The van der Waals surface area contributed by atoms with Gasteiger partial charge in [-0.1, -0.05) is 12.2 Å². The molecule has 2 rings (SSSR count). The molecular weight excluding hydrogens is 248 g/mol. The van der Waals surface area contributed by atoms with Crippen LogP contribution in [0.3, 0.4) is 0 Å². The number of nitrogens with zero attached hydrogens (tertiary/aromatic N) is 1. The molecule has 1 heterocycles.